The zero-order valence-electron chi connectivity index (χ0n) is 18.9. The van der Waals surface area contributed by atoms with Crippen LogP contribution < -0.4 is 10.7 Å². The Balaban J connectivity index is 1.88. The Kier molecular flexibility index (Phi) is 5.95. The third-order valence-corrected chi connectivity index (χ3v) is 6.09. The zero-order valence-corrected chi connectivity index (χ0v) is 18.9. The van der Waals surface area contributed by atoms with Crippen LogP contribution in [0.2, 0.25) is 0 Å². The van der Waals surface area contributed by atoms with E-state index < -0.39 is 23.0 Å². The molecule has 0 radical (unpaired) electrons. The molecule has 0 spiro atoms. The molecule has 8 heteroatoms. The van der Waals surface area contributed by atoms with Gasteiger partial charge >= 0.3 is 11.9 Å². The Labute approximate surface area is 192 Å². The molecule has 4 rings (SSSR count). The summed E-state index contributed by atoms with van der Waals surface area (Å²) in [4.78, 5) is 40.1. The highest BCUT2D eigenvalue weighted by atomic mass is 16.5. The van der Waals surface area contributed by atoms with Gasteiger partial charge in [0, 0.05) is 0 Å². The Bertz CT molecular complexity index is 1100. The van der Waals surface area contributed by atoms with Crippen LogP contribution in [0.4, 0.5) is 0 Å². The number of amides is 1. The van der Waals surface area contributed by atoms with E-state index in [-0.39, 0.29) is 36.9 Å². The fraction of sp³-hybridized carbons (Fsp3) is 0.320. The van der Waals surface area contributed by atoms with Crippen LogP contribution in [0, 0.1) is 0 Å². The highest BCUT2D eigenvalue weighted by Gasteiger charge is 2.70. The smallest absolute Gasteiger partial charge is 0.355 e. The highest BCUT2D eigenvalue weighted by Crippen LogP contribution is 2.50. The summed E-state index contributed by atoms with van der Waals surface area (Å²) in [5, 5.41) is 4.60. The van der Waals surface area contributed by atoms with Crippen LogP contribution in [0.3, 0.4) is 0 Å². The Morgan fingerprint density at radius 2 is 1.48 bits per heavy atom. The molecule has 8 nitrogen and oxygen atoms in total. The molecule has 2 aromatic carbocycles. The van der Waals surface area contributed by atoms with E-state index in [1.165, 1.54) is 5.01 Å². The summed E-state index contributed by atoms with van der Waals surface area (Å²) in [6, 6.07) is 18.6. The molecule has 33 heavy (non-hydrogen) atoms. The summed E-state index contributed by atoms with van der Waals surface area (Å²) in [7, 11) is 0. The lowest BCUT2D eigenvalue weighted by Gasteiger charge is -2.35. The van der Waals surface area contributed by atoms with Crippen molar-refractivity contribution in [3.8, 4) is 0 Å². The summed E-state index contributed by atoms with van der Waals surface area (Å²) in [6.45, 7) is 5.61. The minimum atomic E-state index is -1.45. The van der Waals surface area contributed by atoms with E-state index in [0.29, 0.717) is 5.56 Å². The van der Waals surface area contributed by atoms with Gasteiger partial charge in [0.1, 0.15) is 11.2 Å². The standard InChI is InChI=1S/C25H27N3O5/c1-4-32-21(29)19-20(22(30)33-5-2)26-25(18-14-10-7-11-15-18)23(31)28(27-24(19,25)3)16-17-12-8-6-9-13-17/h6-15,26-27H,4-5,16H2,1-3H3. The molecule has 0 saturated carbocycles. The van der Waals surface area contributed by atoms with Crippen LogP contribution in [0.1, 0.15) is 31.9 Å². The van der Waals surface area contributed by atoms with Crippen molar-refractivity contribution >= 4 is 17.8 Å². The molecule has 2 aromatic rings. The van der Waals surface area contributed by atoms with Crippen LogP contribution in [0.15, 0.2) is 71.9 Å². The summed E-state index contributed by atoms with van der Waals surface area (Å²) in [5.41, 5.74) is 1.97. The number of nitrogens with one attached hydrogen (secondary N) is 2. The number of hydrogen-bond donors (Lipinski definition) is 2. The first-order chi connectivity index (χ1) is 15.9. The maximum atomic E-state index is 14.0. The summed E-state index contributed by atoms with van der Waals surface area (Å²) in [5.74, 6) is -1.72. The molecule has 2 unspecified atom stereocenters. The second-order valence-electron chi connectivity index (χ2n) is 8.05. The average molecular weight is 450 g/mol. The van der Waals surface area contributed by atoms with Gasteiger partial charge in [-0.15, -0.1) is 0 Å². The van der Waals surface area contributed by atoms with E-state index in [4.69, 9.17) is 9.47 Å². The van der Waals surface area contributed by atoms with Crippen molar-refractivity contribution in [3.63, 3.8) is 0 Å². The van der Waals surface area contributed by atoms with Crippen LogP contribution in [0.25, 0.3) is 0 Å². The molecule has 172 valence electrons. The zero-order chi connectivity index (χ0) is 23.6. The maximum absolute atomic E-state index is 14.0. The van der Waals surface area contributed by atoms with Crippen LogP contribution >= 0.6 is 0 Å². The van der Waals surface area contributed by atoms with E-state index in [1.807, 2.05) is 48.5 Å². The molecular weight excluding hydrogens is 422 g/mol. The second-order valence-corrected chi connectivity index (χ2v) is 8.05. The van der Waals surface area contributed by atoms with Gasteiger partial charge in [-0.25, -0.2) is 15.0 Å². The van der Waals surface area contributed by atoms with E-state index in [1.54, 1.807) is 32.9 Å². The van der Waals surface area contributed by atoms with Gasteiger partial charge in [-0.2, -0.15) is 0 Å². The Hall–Kier alpha value is -3.65. The molecule has 2 aliphatic rings. The Morgan fingerprint density at radius 1 is 0.909 bits per heavy atom. The van der Waals surface area contributed by atoms with Gasteiger partial charge in [0.25, 0.3) is 5.91 Å². The molecule has 1 fully saturated rings. The fourth-order valence-electron chi connectivity index (χ4n) is 4.66. The monoisotopic (exact) mass is 449 g/mol. The van der Waals surface area contributed by atoms with Gasteiger partial charge in [0.15, 0.2) is 5.54 Å². The predicted octanol–water partition coefficient (Wildman–Crippen LogP) is 2.17. The number of carbonyl (C=O) groups is 3. The number of esters is 2. The SMILES string of the molecule is CCOC(=O)C1=C(C(=O)OCC)C2(C)NN(Cc3ccccc3)C(=O)C2(c2ccccc2)N1. The molecule has 0 bridgehead atoms. The third kappa shape index (κ3) is 3.47. The van der Waals surface area contributed by atoms with Gasteiger partial charge in [0.2, 0.25) is 0 Å². The summed E-state index contributed by atoms with van der Waals surface area (Å²) in [6.07, 6.45) is 0. The van der Waals surface area contributed by atoms with Crippen molar-refractivity contribution in [2.75, 3.05) is 13.2 Å². The quantitative estimate of drug-likeness (QED) is 0.626. The number of fused-ring (bicyclic) bond motifs is 1. The molecular formula is C25H27N3O5. The molecule has 1 amide bonds. The van der Waals surface area contributed by atoms with Crippen LogP contribution in [0.5, 0.6) is 0 Å². The minimum Gasteiger partial charge on any atom is -0.463 e. The molecule has 1 saturated heterocycles. The van der Waals surface area contributed by atoms with E-state index in [9.17, 15) is 14.4 Å². The molecule has 2 heterocycles. The molecule has 2 atom stereocenters. The van der Waals surface area contributed by atoms with E-state index in [2.05, 4.69) is 10.7 Å². The number of hydrogen-bond acceptors (Lipinski definition) is 7. The number of hydrazine groups is 1. The Morgan fingerprint density at radius 3 is 2.09 bits per heavy atom. The first kappa shape index (κ1) is 22.5. The highest BCUT2D eigenvalue weighted by molar-refractivity contribution is 6.08. The molecule has 0 aliphatic carbocycles. The lowest BCUT2D eigenvalue weighted by molar-refractivity contribution is -0.142. The first-order valence-corrected chi connectivity index (χ1v) is 11.0. The minimum absolute atomic E-state index is 0.0376. The molecule has 2 aliphatic heterocycles. The summed E-state index contributed by atoms with van der Waals surface area (Å²) < 4.78 is 10.5. The molecule has 0 aromatic heterocycles. The number of benzene rings is 2. The van der Waals surface area contributed by atoms with Gasteiger partial charge in [-0.3, -0.25) is 9.80 Å². The van der Waals surface area contributed by atoms with Crippen molar-refractivity contribution in [1.82, 2.24) is 15.8 Å². The first-order valence-electron chi connectivity index (χ1n) is 11.0. The van der Waals surface area contributed by atoms with Crippen LogP contribution in [-0.4, -0.2) is 41.6 Å². The topological polar surface area (TPSA) is 97.0 Å². The van der Waals surface area contributed by atoms with Gasteiger partial charge < -0.3 is 14.8 Å². The van der Waals surface area contributed by atoms with Crippen molar-refractivity contribution in [2.24, 2.45) is 0 Å². The van der Waals surface area contributed by atoms with Crippen molar-refractivity contribution in [1.29, 1.82) is 0 Å². The number of rotatable bonds is 7. The molecule has 2 N–H and O–H groups in total. The van der Waals surface area contributed by atoms with E-state index in [0.717, 1.165) is 5.56 Å². The lowest BCUT2D eigenvalue weighted by atomic mass is 9.72. The number of nitrogens with zero attached hydrogens (tertiary/aromatic N) is 1. The number of ether oxygens (including phenoxy) is 2. The summed E-state index contributed by atoms with van der Waals surface area (Å²) >= 11 is 0. The second kappa shape index (κ2) is 8.71. The predicted molar refractivity (Wildman–Crippen MR) is 120 cm³/mol. The lowest BCUT2D eigenvalue weighted by Crippen LogP contribution is -2.59. The third-order valence-electron chi connectivity index (χ3n) is 6.09. The van der Waals surface area contributed by atoms with Crippen molar-refractivity contribution < 1.29 is 23.9 Å². The maximum Gasteiger partial charge on any atom is 0.355 e. The van der Waals surface area contributed by atoms with Gasteiger partial charge in [-0.1, -0.05) is 60.7 Å². The fourth-order valence-corrected chi connectivity index (χ4v) is 4.66. The van der Waals surface area contributed by atoms with Crippen LogP contribution in [-0.2, 0) is 35.9 Å². The van der Waals surface area contributed by atoms with Gasteiger partial charge in [0.05, 0.1) is 25.3 Å². The van der Waals surface area contributed by atoms with Crippen molar-refractivity contribution in [2.45, 2.75) is 38.4 Å². The largest absolute Gasteiger partial charge is 0.463 e. The number of carbonyl (C=O) groups excluding carboxylic acids is 3. The van der Waals surface area contributed by atoms with Gasteiger partial charge in [-0.05, 0) is 31.9 Å². The normalized spacial score (nSPS) is 23.8. The van der Waals surface area contributed by atoms with Crippen molar-refractivity contribution in [3.05, 3.63) is 83.1 Å². The van der Waals surface area contributed by atoms with E-state index >= 15 is 0 Å². The average Bonchev–Trinajstić information content (AvgIpc) is 3.20.